The van der Waals surface area contributed by atoms with E-state index in [2.05, 4.69) is 32.8 Å². The van der Waals surface area contributed by atoms with Gasteiger partial charge in [0.2, 0.25) is 0 Å². The van der Waals surface area contributed by atoms with Crippen molar-refractivity contribution in [2.45, 2.75) is 38.7 Å². The van der Waals surface area contributed by atoms with Crippen LogP contribution in [0.4, 0.5) is 9.52 Å². The van der Waals surface area contributed by atoms with E-state index in [1.165, 1.54) is 17.7 Å². The molecule has 0 aromatic carbocycles. The van der Waals surface area contributed by atoms with Gasteiger partial charge < -0.3 is 9.57 Å². The van der Waals surface area contributed by atoms with E-state index in [-0.39, 0.29) is 22.9 Å². The molecular weight excluding hydrogens is 427 g/mol. The van der Waals surface area contributed by atoms with Crippen LogP contribution in [0, 0.1) is 11.0 Å². The van der Waals surface area contributed by atoms with Crippen molar-refractivity contribution in [3.63, 3.8) is 0 Å². The van der Waals surface area contributed by atoms with Gasteiger partial charge >= 0.3 is 0 Å². The fraction of sp³-hybridized carbons (Fsp3) is 0.550. The van der Waals surface area contributed by atoms with E-state index >= 15 is 0 Å². The van der Waals surface area contributed by atoms with Gasteiger partial charge in [0.15, 0.2) is 22.1 Å². The van der Waals surface area contributed by atoms with E-state index in [9.17, 15) is 9.18 Å². The molecule has 1 N–H and O–H groups in total. The van der Waals surface area contributed by atoms with Gasteiger partial charge in [-0.2, -0.15) is 4.39 Å². The van der Waals surface area contributed by atoms with E-state index in [1.807, 2.05) is 18.0 Å². The molecule has 3 heterocycles. The van der Waals surface area contributed by atoms with Gasteiger partial charge in [0.1, 0.15) is 0 Å². The standard InChI is InChI=1S/C20H25FN4O3S2/c1-13-10-14(4-5-16(13)30-25-7-2-3-8-25)18(24-28-15-6-9-27-12-15)19(26)23-20-22-11-17(21)29-20/h4-5,11,13,15H,2-3,6-10,12H2,1H3,(H,22,23,26)/b24-18+/t13?,15-/m1/s1. The highest BCUT2D eigenvalue weighted by atomic mass is 32.2. The Morgan fingerprint density at radius 2 is 2.27 bits per heavy atom. The summed E-state index contributed by atoms with van der Waals surface area (Å²) in [4.78, 5) is 23.6. The number of amides is 1. The van der Waals surface area contributed by atoms with Gasteiger partial charge in [0.05, 0.1) is 19.4 Å². The Bertz CT molecular complexity index is 858. The van der Waals surface area contributed by atoms with Crippen molar-refractivity contribution in [2.75, 3.05) is 31.6 Å². The molecule has 10 heteroatoms. The lowest BCUT2D eigenvalue weighted by Gasteiger charge is -2.24. The molecule has 1 amide bonds. The highest BCUT2D eigenvalue weighted by Gasteiger charge is 2.27. The molecule has 2 atom stereocenters. The Kier molecular flexibility index (Phi) is 7.19. The van der Waals surface area contributed by atoms with Gasteiger partial charge in [0, 0.05) is 24.4 Å². The van der Waals surface area contributed by atoms with Crippen molar-refractivity contribution in [1.29, 1.82) is 0 Å². The van der Waals surface area contributed by atoms with Crippen LogP contribution in [0.15, 0.2) is 34.0 Å². The number of halogens is 1. The number of oxime groups is 1. The third kappa shape index (κ3) is 5.48. The normalized spacial score (nSPS) is 25.2. The summed E-state index contributed by atoms with van der Waals surface area (Å²) in [5.41, 5.74) is 0.993. The summed E-state index contributed by atoms with van der Waals surface area (Å²) in [5.74, 6) is -0.188. The van der Waals surface area contributed by atoms with Crippen LogP contribution in [0.25, 0.3) is 0 Å². The highest BCUT2D eigenvalue weighted by Crippen LogP contribution is 2.36. The average Bonchev–Trinajstić information content (AvgIpc) is 3.48. The Labute approximate surface area is 183 Å². The Balaban J connectivity index is 1.51. The van der Waals surface area contributed by atoms with Gasteiger partial charge in [-0.1, -0.05) is 35.6 Å². The number of rotatable bonds is 7. The molecule has 3 aliphatic rings. The molecule has 4 rings (SSSR count). The second kappa shape index (κ2) is 10.0. The maximum absolute atomic E-state index is 13.3. The summed E-state index contributed by atoms with van der Waals surface area (Å²) in [6.45, 7) is 5.46. The number of allylic oxidation sites excluding steroid dienone is 3. The van der Waals surface area contributed by atoms with Crippen LogP contribution in [-0.2, 0) is 14.4 Å². The van der Waals surface area contributed by atoms with Crippen molar-refractivity contribution in [2.24, 2.45) is 11.1 Å². The lowest BCUT2D eigenvalue weighted by Crippen LogP contribution is -2.27. The number of carbonyl (C=O) groups is 1. The average molecular weight is 453 g/mol. The molecule has 0 bridgehead atoms. The molecule has 0 saturated carbocycles. The minimum atomic E-state index is -0.458. The third-order valence-corrected chi connectivity index (χ3v) is 7.23. The number of hydrogen-bond acceptors (Lipinski definition) is 8. The topological polar surface area (TPSA) is 76.0 Å². The molecule has 0 spiro atoms. The van der Waals surface area contributed by atoms with E-state index in [0.717, 1.165) is 42.6 Å². The number of nitrogens with one attached hydrogen (secondary N) is 1. The second-order valence-electron chi connectivity index (χ2n) is 7.55. The van der Waals surface area contributed by atoms with Gasteiger partial charge in [-0.05, 0) is 42.7 Å². The van der Waals surface area contributed by atoms with Crippen LogP contribution in [0.5, 0.6) is 0 Å². The van der Waals surface area contributed by atoms with Gasteiger partial charge in [-0.15, -0.1) is 0 Å². The predicted molar refractivity (Wildman–Crippen MR) is 117 cm³/mol. The van der Waals surface area contributed by atoms with Crippen LogP contribution in [-0.4, -0.2) is 53.3 Å². The molecule has 7 nitrogen and oxygen atoms in total. The SMILES string of the molecule is CC1CC(/C(=N\O[C@@H]2CCOC2)C(=O)Nc2ncc(F)s2)=CC=C1SN1CCCC1. The Morgan fingerprint density at radius 1 is 1.43 bits per heavy atom. The molecule has 2 saturated heterocycles. The molecule has 0 radical (unpaired) electrons. The van der Waals surface area contributed by atoms with E-state index in [1.54, 1.807) is 0 Å². The van der Waals surface area contributed by atoms with Crippen LogP contribution in [0.1, 0.15) is 32.6 Å². The highest BCUT2D eigenvalue weighted by molar-refractivity contribution is 8.00. The molecule has 30 heavy (non-hydrogen) atoms. The van der Waals surface area contributed by atoms with E-state index in [4.69, 9.17) is 9.57 Å². The van der Waals surface area contributed by atoms with Gasteiger partial charge in [0.25, 0.3) is 5.91 Å². The molecule has 162 valence electrons. The van der Waals surface area contributed by atoms with Gasteiger partial charge in [-0.3, -0.25) is 10.1 Å². The molecule has 1 unspecified atom stereocenters. The molecular formula is C20H25FN4O3S2. The molecule has 2 fully saturated rings. The van der Waals surface area contributed by atoms with Gasteiger partial charge in [-0.25, -0.2) is 9.29 Å². The predicted octanol–water partition coefficient (Wildman–Crippen LogP) is 3.98. The van der Waals surface area contributed by atoms with E-state index in [0.29, 0.717) is 19.6 Å². The van der Waals surface area contributed by atoms with Crippen LogP contribution >= 0.6 is 23.3 Å². The summed E-state index contributed by atoms with van der Waals surface area (Å²) < 4.78 is 21.0. The minimum Gasteiger partial charge on any atom is -0.389 e. The third-order valence-electron chi connectivity index (χ3n) is 5.16. The lowest BCUT2D eigenvalue weighted by molar-refractivity contribution is -0.110. The Hall–Kier alpha value is -1.75. The van der Waals surface area contributed by atoms with Crippen molar-refractivity contribution < 1.29 is 18.8 Å². The maximum Gasteiger partial charge on any atom is 0.279 e. The first kappa shape index (κ1) is 21.5. The number of aromatic nitrogens is 1. The van der Waals surface area contributed by atoms with Crippen molar-refractivity contribution in [1.82, 2.24) is 9.29 Å². The fourth-order valence-corrected chi connectivity index (χ4v) is 5.18. The molecule has 1 aliphatic carbocycles. The minimum absolute atomic E-state index is 0.163. The summed E-state index contributed by atoms with van der Waals surface area (Å²) in [5, 5.41) is 6.56. The largest absolute Gasteiger partial charge is 0.389 e. The zero-order valence-electron chi connectivity index (χ0n) is 16.8. The van der Waals surface area contributed by atoms with Crippen molar-refractivity contribution in [3.05, 3.63) is 34.0 Å². The zero-order valence-corrected chi connectivity index (χ0v) is 18.4. The zero-order chi connectivity index (χ0) is 20.9. The number of thiazole rings is 1. The quantitative estimate of drug-likeness (QED) is 0.383. The summed E-state index contributed by atoms with van der Waals surface area (Å²) in [7, 11) is 0. The van der Waals surface area contributed by atoms with Crippen LogP contribution < -0.4 is 5.32 Å². The van der Waals surface area contributed by atoms with E-state index < -0.39 is 11.0 Å². The molecule has 2 aliphatic heterocycles. The Morgan fingerprint density at radius 3 is 2.93 bits per heavy atom. The molecule has 1 aromatic heterocycles. The van der Waals surface area contributed by atoms with Crippen LogP contribution in [0.2, 0.25) is 0 Å². The number of nitrogens with zero attached hydrogens (tertiary/aromatic N) is 3. The number of anilines is 1. The number of carbonyl (C=O) groups excluding carboxylic acids is 1. The first-order valence-corrected chi connectivity index (χ1v) is 11.8. The first-order chi connectivity index (χ1) is 14.6. The van der Waals surface area contributed by atoms with Crippen molar-refractivity contribution >= 4 is 40.0 Å². The lowest BCUT2D eigenvalue weighted by atomic mass is 9.92. The number of hydrogen-bond donors (Lipinski definition) is 1. The maximum atomic E-state index is 13.3. The smallest absolute Gasteiger partial charge is 0.279 e. The second-order valence-corrected chi connectivity index (χ2v) is 9.70. The summed E-state index contributed by atoms with van der Waals surface area (Å²) in [6, 6.07) is 0. The van der Waals surface area contributed by atoms with Crippen molar-refractivity contribution in [3.8, 4) is 0 Å². The summed E-state index contributed by atoms with van der Waals surface area (Å²) in [6.07, 6.45) is 8.82. The molecule has 1 aromatic rings. The monoisotopic (exact) mass is 452 g/mol. The van der Waals surface area contributed by atoms with Crippen LogP contribution in [0.3, 0.4) is 0 Å². The number of ether oxygens (including phenoxy) is 1. The fourth-order valence-electron chi connectivity index (χ4n) is 3.51. The summed E-state index contributed by atoms with van der Waals surface area (Å²) >= 11 is 2.59. The first-order valence-electron chi connectivity index (χ1n) is 10.2.